The van der Waals surface area contributed by atoms with E-state index < -0.39 is 0 Å². The van der Waals surface area contributed by atoms with Crippen molar-refractivity contribution in [1.29, 1.82) is 0 Å². The third-order valence-corrected chi connectivity index (χ3v) is 2.94. The fourth-order valence-electron chi connectivity index (χ4n) is 1.97. The van der Waals surface area contributed by atoms with Gasteiger partial charge in [-0.05, 0) is 49.9 Å². The Morgan fingerprint density at radius 1 is 1.25 bits per heavy atom. The first-order valence-corrected chi connectivity index (χ1v) is 5.86. The van der Waals surface area contributed by atoms with Crippen molar-refractivity contribution in [2.75, 3.05) is 6.61 Å². The lowest BCUT2D eigenvalue weighted by Crippen LogP contribution is -2.02. The highest BCUT2D eigenvalue weighted by atomic mass is 16.5. The molecule has 0 unspecified atom stereocenters. The number of fused-ring (bicyclic) bond motifs is 1. The molecule has 1 heterocycles. The summed E-state index contributed by atoms with van der Waals surface area (Å²) in [5.74, 6) is 1.25. The van der Waals surface area contributed by atoms with Crippen LogP contribution in [-0.4, -0.2) is 11.7 Å². The van der Waals surface area contributed by atoms with Gasteiger partial charge in [0.15, 0.2) is 0 Å². The zero-order chi connectivity index (χ0) is 11.4. The Morgan fingerprint density at radius 2 is 2.12 bits per heavy atom. The average Bonchev–Trinajstić information content (AvgIpc) is 2.27. The molecule has 2 nitrogen and oxygen atoms in total. The van der Waals surface area contributed by atoms with Gasteiger partial charge >= 0.3 is 0 Å². The van der Waals surface area contributed by atoms with Gasteiger partial charge in [0.05, 0.1) is 6.61 Å². The quantitative estimate of drug-likeness (QED) is 0.676. The zero-order valence-corrected chi connectivity index (χ0v) is 9.70. The van der Waals surface area contributed by atoms with Crippen molar-refractivity contribution in [2.24, 2.45) is 0 Å². The minimum absolute atomic E-state index is 0.325. The van der Waals surface area contributed by atoms with Gasteiger partial charge in [-0.2, -0.15) is 0 Å². The predicted octanol–water partition coefficient (Wildman–Crippen LogP) is 3.44. The molecule has 1 aliphatic heterocycles. The van der Waals surface area contributed by atoms with Crippen molar-refractivity contribution in [3.8, 4) is 11.5 Å². The Balaban J connectivity index is 2.18. The number of hydrogen-bond acceptors (Lipinski definition) is 2. The van der Waals surface area contributed by atoms with Crippen molar-refractivity contribution in [3.63, 3.8) is 0 Å². The summed E-state index contributed by atoms with van der Waals surface area (Å²) in [4.78, 5) is 0. The lowest BCUT2D eigenvalue weighted by Gasteiger charge is -2.13. The molecule has 1 aromatic rings. The van der Waals surface area contributed by atoms with Crippen LogP contribution in [0, 0.1) is 0 Å². The first kappa shape index (κ1) is 11.1. The van der Waals surface area contributed by atoms with Crippen LogP contribution in [-0.2, 0) is 6.42 Å². The molecular weight excluding hydrogens is 200 g/mol. The number of hydrogen-bond donors (Lipinski definition) is 1. The number of aryl methyl sites for hydroxylation is 1. The van der Waals surface area contributed by atoms with Crippen LogP contribution in [0.5, 0.6) is 11.5 Å². The normalized spacial score (nSPS) is 16.9. The molecule has 1 N–H and O–H groups in total. The average molecular weight is 218 g/mol. The fraction of sp³-hybridized carbons (Fsp3) is 0.429. The fourth-order valence-corrected chi connectivity index (χ4v) is 1.97. The number of aromatic hydroxyl groups is 1. The Labute approximate surface area is 96.6 Å². The maximum atomic E-state index is 9.45. The summed E-state index contributed by atoms with van der Waals surface area (Å²) in [6, 6.07) is 5.37. The van der Waals surface area contributed by atoms with E-state index in [1.807, 2.05) is 12.1 Å². The highest BCUT2D eigenvalue weighted by Crippen LogP contribution is 2.26. The van der Waals surface area contributed by atoms with E-state index in [0.717, 1.165) is 43.6 Å². The molecule has 86 valence electrons. The van der Waals surface area contributed by atoms with Crippen molar-refractivity contribution in [3.05, 3.63) is 35.4 Å². The van der Waals surface area contributed by atoms with E-state index >= 15 is 0 Å². The summed E-state index contributed by atoms with van der Waals surface area (Å²) in [6.07, 6.45) is 6.46. The van der Waals surface area contributed by atoms with Gasteiger partial charge in [0.2, 0.25) is 0 Å². The second kappa shape index (κ2) is 5.06. The van der Waals surface area contributed by atoms with Crippen LogP contribution in [0.25, 0.3) is 0 Å². The number of allylic oxidation sites excluding steroid dienone is 1. The number of benzene rings is 1. The second-order valence-electron chi connectivity index (χ2n) is 4.33. The van der Waals surface area contributed by atoms with Crippen molar-refractivity contribution in [1.82, 2.24) is 0 Å². The number of phenolic OH excluding ortho intramolecular Hbond substituents is 1. The summed E-state index contributed by atoms with van der Waals surface area (Å²) in [5.41, 5.74) is 2.52. The highest BCUT2D eigenvalue weighted by molar-refractivity contribution is 5.39. The third kappa shape index (κ3) is 2.78. The minimum Gasteiger partial charge on any atom is -0.508 e. The predicted molar refractivity (Wildman–Crippen MR) is 64.9 cm³/mol. The molecule has 1 aromatic carbocycles. The standard InChI is InChI=1S/C14H18O2/c1-11-4-2-3-5-12-10-13(15)6-7-14(12)16-9-8-11/h4,6-7,10,15H,2-3,5,8-9H2,1H3. The van der Waals surface area contributed by atoms with Crippen LogP contribution < -0.4 is 4.74 Å². The van der Waals surface area contributed by atoms with E-state index in [0.29, 0.717) is 5.75 Å². The Bertz CT molecular complexity index is 394. The molecule has 0 saturated carbocycles. The van der Waals surface area contributed by atoms with E-state index in [4.69, 9.17) is 4.74 Å². The summed E-state index contributed by atoms with van der Waals surface area (Å²) in [5, 5.41) is 9.45. The molecular formula is C14H18O2. The molecule has 2 heteroatoms. The molecule has 0 radical (unpaired) electrons. The lowest BCUT2D eigenvalue weighted by molar-refractivity contribution is 0.316. The van der Waals surface area contributed by atoms with Crippen LogP contribution >= 0.6 is 0 Å². The van der Waals surface area contributed by atoms with Crippen LogP contribution in [0.2, 0.25) is 0 Å². The monoisotopic (exact) mass is 218 g/mol. The maximum absolute atomic E-state index is 9.45. The second-order valence-corrected chi connectivity index (χ2v) is 4.33. The molecule has 0 atom stereocenters. The van der Waals surface area contributed by atoms with Crippen molar-refractivity contribution in [2.45, 2.75) is 32.6 Å². The van der Waals surface area contributed by atoms with Crippen LogP contribution in [0.4, 0.5) is 0 Å². The Hall–Kier alpha value is -1.44. The third-order valence-electron chi connectivity index (χ3n) is 2.94. The molecule has 1 aliphatic rings. The van der Waals surface area contributed by atoms with Crippen LogP contribution in [0.3, 0.4) is 0 Å². The van der Waals surface area contributed by atoms with E-state index in [1.165, 1.54) is 5.57 Å². The SMILES string of the molecule is CC1=CCCCc2cc(O)ccc2OCC1. The van der Waals surface area contributed by atoms with Gasteiger partial charge in [-0.3, -0.25) is 0 Å². The summed E-state index contributed by atoms with van der Waals surface area (Å²) >= 11 is 0. The molecule has 2 rings (SSSR count). The van der Waals surface area contributed by atoms with Gasteiger partial charge in [-0.25, -0.2) is 0 Å². The van der Waals surface area contributed by atoms with E-state index in [2.05, 4.69) is 13.0 Å². The maximum Gasteiger partial charge on any atom is 0.122 e. The molecule has 16 heavy (non-hydrogen) atoms. The highest BCUT2D eigenvalue weighted by Gasteiger charge is 2.06. The molecule has 0 fully saturated rings. The number of ether oxygens (including phenoxy) is 1. The van der Waals surface area contributed by atoms with Gasteiger partial charge in [-0.15, -0.1) is 0 Å². The molecule has 0 amide bonds. The largest absolute Gasteiger partial charge is 0.508 e. The van der Waals surface area contributed by atoms with Gasteiger partial charge < -0.3 is 9.84 Å². The topological polar surface area (TPSA) is 29.5 Å². The first-order chi connectivity index (χ1) is 7.75. The molecule has 0 bridgehead atoms. The first-order valence-electron chi connectivity index (χ1n) is 5.86. The smallest absolute Gasteiger partial charge is 0.122 e. The van der Waals surface area contributed by atoms with Gasteiger partial charge in [0.1, 0.15) is 11.5 Å². The summed E-state index contributed by atoms with van der Waals surface area (Å²) in [7, 11) is 0. The van der Waals surface area contributed by atoms with Crippen molar-refractivity contribution < 1.29 is 9.84 Å². The van der Waals surface area contributed by atoms with Crippen molar-refractivity contribution >= 4 is 0 Å². The van der Waals surface area contributed by atoms with Crippen LogP contribution in [0.15, 0.2) is 29.8 Å². The Kier molecular flexibility index (Phi) is 3.50. The van der Waals surface area contributed by atoms with E-state index in [-0.39, 0.29) is 0 Å². The summed E-state index contributed by atoms with van der Waals surface area (Å²) in [6.45, 7) is 2.88. The minimum atomic E-state index is 0.325. The van der Waals surface area contributed by atoms with Gasteiger partial charge in [-0.1, -0.05) is 11.6 Å². The van der Waals surface area contributed by atoms with Gasteiger partial charge in [0.25, 0.3) is 0 Å². The molecule has 0 saturated heterocycles. The summed E-state index contributed by atoms with van der Waals surface area (Å²) < 4.78 is 5.74. The number of phenols is 1. The zero-order valence-electron chi connectivity index (χ0n) is 9.70. The molecule has 0 aromatic heterocycles. The molecule has 0 aliphatic carbocycles. The van der Waals surface area contributed by atoms with Gasteiger partial charge in [0, 0.05) is 6.42 Å². The number of rotatable bonds is 0. The van der Waals surface area contributed by atoms with E-state index in [9.17, 15) is 5.11 Å². The van der Waals surface area contributed by atoms with E-state index in [1.54, 1.807) is 6.07 Å². The Morgan fingerprint density at radius 3 is 3.00 bits per heavy atom. The molecule has 0 spiro atoms. The lowest BCUT2D eigenvalue weighted by atomic mass is 10.0. The van der Waals surface area contributed by atoms with Crippen LogP contribution in [0.1, 0.15) is 31.7 Å².